The summed E-state index contributed by atoms with van der Waals surface area (Å²) < 4.78 is 5.29. The minimum atomic E-state index is -0.354. The minimum Gasteiger partial charge on any atom is -0.379 e. The lowest BCUT2D eigenvalue weighted by Gasteiger charge is -2.25. The predicted molar refractivity (Wildman–Crippen MR) is 134 cm³/mol. The molecule has 2 heterocycles. The van der Waals surface area contributed by atoms with Gasteiger partial charge < -0.3 is 20.7 Å². The molecule has 34 heavy (non-hydrogen) atoms. The first-order chi connectivity index (χ1) is 16.5. The maximum atomic E-state index is 12.7. The van der Waals surface area contributed by atoms with E-state index in [0.29, 0.717) is 52.3 Å². The zero-order valence-electron chi connectivity index (χ0n) is 18.2. The summed E-state index contributed by atoms with van der Waals surface area (Å²) >= 11 is 7.51. The first kappa shape index (κ1) is 23.9. The molecule has 1 aromatic heterocycles. The Morgan fingerprint density at radius 2 is 1.62 bits per heavy atom. The Balaban J connectivity index is 1.34. The largest absolute Gasteiger partial charge is 0.379 e. The van der Waals surface area contributed by atoms with Crippen molar-refractivity contribution in [1.82, 2.24) is 4.90 Å². The molecule has 3 N–H and O–H groups in total. The molecule has 4 rings (SSSR count). The number of halogens is 1. The second-order valence-corrected chi connectivity index (χ2v) is 8.95. The molecule has 1 saturated heterocycles. The number of hydrogen-bond donors (Lipinski definition) is 3. The van der Waals surface area contributed by atoms with E-state index >= 15 is 0 Å². The number of thiophene rings is 1. The van der Waals surface area contributed by atoms with E-state index < -0.39 is 0 Å². The summed E-state index contributed by atoms with van der Waals surface area (Å²) in [6.45, 7) is 3.06. The number of nitrogens with zero attached hydrogens (tertiary/aromatic N) is 1. The zero-order chi connectivity index (χ0) is 23.9. The maximum absolute atomic E-state index is 12.7. The van der Waals surface area contributed by atoms with Gasteiger partial charge in [-0.25, -0.2) is 0 Å². The highest BCUT2D eigenvalue weighted by Crippen LogP contribution is 2.25. The Morgan fingerprint density at radius 1 is 0.912 bits per heavy atom. The molecule has 176 valence electrons. The highest BCUT2D eigenvalue weighted by atomic mass is 35.5. The summed E-state index contributed by atoms with van der Waals surface area (Å²) in [5, 5.41) is 10.5. The van der Waals surface area contributed by atoms with Gasteiger partial charge >= 0.3 is 0 Å². The first-order valence-electron chi connectivity index (χ1n) is 10.6. The number of hydrogen-bond acceptors (Lipinski definition) is 6. The molecule has 0 spiro atoms. The molecule has 0 saturated carbocycles. The average molecular weight is 499 g/mol. The molecule has 3 amide bonds. The molecular weight excluding hydrogens is 476 g/mol. The predicted octanol–water partition coefficient (Wildman–Crippen LogP) is 4.18. The molecule has 0 bridgehead atoms. The number of benzene rings is 2. The van der Waals surface area contributed by atoms with Crippen molar-refractivity contribution in [3.8, 4) is 0 Å². The van der Waals surface area contributed by atoms with Gasteiger partial charge in [-0.05, 0) is 53.9 Å². The van der Waals surface area contributed by atoms with Crippen LogP contribution in [0.1, 0.15) is 20.0 Å². The van der Waals surface area contributed by atoms with Crippen molar-refractivity contribution < 1.29 is 19.1 Å². The fraction of sp³-hybridized carbons (Fsp3) is 0.208. The molecule has 3 aromatic rings. The standard InChI is InChI=1S/C24H23ClN4O4S/c25-19-8-3-16(14-20(19)28-24(32)21-2-1-13-34-21)23(31)27-18-6-4-17(5-7-18)26-22(30)15-29-9-11-33-12-10-29/h1-8,13-14H,9-12,15H2,(H,26,30)(H,27,31)(H,28,32). The van der Waals surface area contributed by atoms with Crippen LogP contribution in [-0.4, -0.2) is 55.5 Å². The summed E-state index contributed by atoms with van der Waals surface area (Å²) in [5.74, 6) is -0.745. The van der Waals surface area contributed by atoms with Gasteiger partial charge in [-0.15, -0.1) is 11.3 Å². The SMILES string of the molecule is O=C(CN1CCOCC1)Nc1ccc(NC(=O)c2ccc(Cl)c(NC(=O)c3cccs3)c2)cc1. The molecule has 10 heteroatoms. The summed E-state index contributed by atoms with van der Waals surface area (Å²) in [5.41, 5.74) is 1.90. The lowest BCUT2D eigenvalue weighted by molar-refractivity contribution is -0.118. The number of carbonyl (C=O) groups is 3. The highest BCUT2D eigenvalue weighted by molar-refractivity contribution is 7.12. The van der Waals surface area contributed by atoms with E-state index in [1.165, 1.54) is 17.4 Å². The Morgan fingerprint density at radius 3 is 2.29 bits per heavy atom. The van der Waals surface area contributed by atoms with E-state index in [1.54, 1.807) is 53.9 Å². The molecular formula is C24H23ClN4O4S. The van der Waals surface area contributed by atoms with E-state index in [9.17, 15) is 14.4 Å². The number of anilines is 3. The first-order valence-corrected chi connectivity index (χ1v) is 11.9. The van der Waals surface area contributed by atoms with E-state index in [2.05, 4.69) is 16.0 Å². The fourth-order valence-corrected chi connectivity index (χ4v) is 4.14. The average Bonchev–Trinajstić information content (AvgIpc) is 3.37. The second kappa shape index (κ2) is 11.3. The van der Waals surface area contributed by atoms with Gasteiger partial charge in [-0.3, -0.25) is 19.3 Å². The summed E-state index contributed by atoms with van der Waals surface area (Å²) in [6.07, 6.45) is 0. The number of amides is 3. The van der Waals surface area contributed by atoms with Crippen molar-refractivity contribution in [1.29, 1.82) is 0 Å². The fourth-order valence-electron chi connectivity index (χ4n) is 3.36. The lowest BCUT2D eigenvalue weighted by Crippen LogP contribution is -2.41. The molecule has 0 radical (unpaired) electrons. The van der Waals surface area contributed by atoms with Crippen LogP contribution >= 0.6 is 22.9 Å². The van der Waals surface area contributed by atoms with Crippen LogP contribution < -0.4 is 16.0 Å². The number of morpholine rings is 1. The van der Waals surface area contributed by atoms with Gasteiger partial charge in [0.2, 0.25) is 5.91 Å². The minimum absolute atomic E-state index is 0.100. The molecule has 0 atom stereocenters. The van der Waals surface area contributed by atoms with Crippen molar-refractivity contribution in [3.05, 3.63) is 75.4 Å². The van der Waals surface area contributed by atoms with Crippen LogP contribution in [0.2, 0.25) is 5.02 Å². The van der Waals surface area contributed by atoms with Crippen molar-refractivity contribution in [2.24, 2.45) is 0 Å². The maximum Gasteiger partial charge on any atom is 0.265 e. The molecule has 1 fully saturated rings. The van der Waals surface area contributed by atoms with Gasteiger partial charge in [0.15, 0.2) is 0 Å². The van der Waals surface area contributed by atoms with Crippen molar-refractivity contribution in [3.63, 3.8) is 0 Å². The van der Waals surface area contributed by atoms with E-state index in [0.717, 1.165) is 13.1 Å². The van der Waals surface area contributed by atoms with Gasteiger partial charge in [0.25, 0.3) is 11.8 Å². The Hall–Kier alpha value is -3.24. The van der Waals surface area contributed by atoms with Crippen LogP contribution in [0.5, 0.6) is 0 Å². The topological polar surface area (TPSA) is 99.8 Å². The van der Waals surface area contributed by atoms with Gasteiger partial charge in [0.1, 0.15) is 0 Å². The normalized spacial score (nSPS) is 13.8. The number of carbonyl (C=O) groups excluding carboxylic acids is 3. The van der Waals surface area contributed by atoms with E-state index in [-0.39, 0.29) is 17.7 Å². The van der Waals surface area contributed by atoms with Gasteiger partial charge in [0, 0.05) is 30.0 Å². The highest BCUT2D eigenvalue weighted by Gasteiger charge is 2.15. The van der Waals surface area contributed by atoms with Crippen molar-refractivity contribution in [2.45, 2.75) is 0 Å². The molecule has 2 aromatic carbocycles. The smallest absolute Gasteiger partial charge is 0.265 e. The third-order valence-electron chi connectivity index (χ3n) is 5.12. The van der Waals surface area contributed by atoms with Crippen LogP contribution in [0.3, 0.4) is 0 Å². The molecule has 8 nitrogen and oxygen atoms in total. The van der Waals surface area contributed by atoms with Crippen LogP contribution in [0.4, 0.5) is 17.1 Å². The number of ether oxygens (including phenoxy) is 1. The van der Waals surface area contributed by atoms with Crippen LogP contribution in [0, 0.1) is 0 Å². The Kier molecular flexibility index (Phi) is 7.91. The van der Waals surface area contributed by atoms with Crippen LogP contribution in [0.15, 0.2) is 60.0 Å². The zero-order valence-corrected chi connectivity index (χ0v) is 19.7. The number of rotatable bonds is 7. The van der Waals surface area contributed by atoms with E-state index in [1.807, 2.05) is 4.90 Å². The Bertz CT molecular complexity index is 1160. The summed E-state index contributed by atoms with van der Waals surface area (Å²) in [6, 6.07) is 15.0. The van der Waals surface area contributed by atoms with Crippen molar-refractivity contribution in [2.75, 3.05) is 48.8 Å². The van der Waals surface area contributed by atoms with E-state index in [4.69, 9.17) is 16.3 Å². The monoisotopic (exact) mass is 498 g/mol. The molecule has 0 unspecified atom stereocenters. The van der Waals surface area contributed by atoms with Gasteiger partial charge in [-0.1, -0.05) is 17.7 Å². The van der Waals surface area contributed by atoms with Gasteiger partial charge in [-0.2, -0.15) is 0 Å². The molecule has 1 aliphatic heterocycles. The van der Waals surface area contributed by atoms with Crippen molar-refractivity contribution >= 4 is 57.7 Å². The third-order valence-corrected chi connectivity index (χ3v) is 6.32. The third kappa shape index (κ3) is 6.42. The Labute approximate surface area is 205 Å². The molecule has 1 aliphatic rings. The summed E-state index contributed by atoms with van der Waals surface area (Å²) in [4.78, 5) is 39.9. The number of nitrogens with one attached hydrogen (secondary N) is 3. The van der Waals surface area contributed by atoms with Crippen LogP contribution in [0.25, 0.3) is 0 Å². The second-order valence-electron chi connectivity index (χ2n) is 7.59. The quantitative estimate of drug-likeness (QED) is 0.454. The van der Waals surface area contributed by atoms with Crippen LogP contribution in [-0.2, 0) is 9.53 Å². The lowest BCUT2D eigenvalue weighted by atomic mass is 10.1. The summed E-state index contributed by atoms with van der Waals surface area (Å²) in [7, 11) is 0. The molecule has 0 aliphatic carbocycles. The van der Waals surface area contributed by atoms with Gasteiger partial charge in [0.05, 0.1) is 35.3 Å².